The van der Waals surface area contributed by atoms with Gasteiger partial charge in [-0.25, -0.2) is 0 Å². The zero-order chi connectivity index (χ0) is 11.0. The van der Waals surface area contributed by atoms with Crippen molar-refractivity contribution < 1.29 is 9.90 Å². The van der Waals surface area contributed by atoms with Crippen molar-refractivity contribution in [3.05, 3.63) is 0 Å². The van der Waals surface area contributed by atoms with Gasteiger partial charge in [0, 0.05) is 12.0 Å². The van der Waals surface area contributed by atoms with Gasteiger partial charge in [-0.15, -0.1) is 0 Å². The number of fused-ring (bicyclic) bond motifs is 1. The second-order valence-electron chi connectivity index (χ2n) is 5.28. The van der Waals surface area contributed by atoms with Crippen LogP contribution in [0.3, 0.4) is 0 Å². The highest BCUT2D eigenvalue weighted by Gasteiger charge is 2.56. The summed E-state index contributed by atoms with van der Waals surface area (Å²) in [4.78, 5) is 11.8. The average molecular weight is 211 g/mol. The number of hydrogen-bond donors (Lipinski definition) is 2. The largest absolute Gasteiger partial charge is 0.393 e. The Bertz CT molecular complexity index is 242. The van der Waals surface area contributed by atoms with Gasteiger partial charge in [-0.2, -0.15) is 0 Å². The highest BCUT2D eigenvalue weighted by Crippen LogP contribution is 2.57. The summed E-state index contributed by atoms with van der Waals surface area (Å²) in [5.41, 5.74) is 0. The predicted octanol–water partition coefficient (Wildman–Crippen LogP) is 1.31. The Balaban J connectivity index is 1.74. The first-order valence-corrected chi connectivity index (χ1v) is 6.08. The monoisotopic (exact) mass is 211 g/mol. The average Bonchev–Trinajstić information content (AvgIpc) is 2.59. The lowest BCUT2D eigenvalue weighted by molar-refractivity contribution is -0.123. The summed E-state index contributed by atoms with van der Waals surface area (Å²) in [5.74, 6) is 1.89. The van der Waals surface area contributed by atoms with Gasteiger partial charge in [0.15, 0.2) is 0 Å². The number of carbonyl (C=O) groups is 1. The highest BCUT2D eigenvalue weighted by atomic mass is 16.3. The number of amides is 1. The van der Waals surface area contributed by atoms with E-state index in [9.17, 15) is 9.90 Å². The van der Waals surface area contributed by atoms with Gasteiger partial charge in [-0.05, 0) is 44.9 Å². The molecule has 0 bridgehead atoms. The maximum atomic E-state index is 11.8. The highest BCUT2D eigenvalue weighted by molar-refractivity contribution is 5.82. The lowest BCUT2D eigenvalue weighted by Crippen LogP contribution is -2.36. The van der Waals surface area contributed by atoms with Gasteiger partial charge in [-0.3, -0.25) is 4.79 Å². The quantitative estimate of drug-likeness (QED) is 0.736. The maximum Gasteiger partial charge on any atom is 0.223 e. The van der Waals surface area contributed by atoms with Crippen LogP contribution in [0, 0.1) is 17.8 Å². The summed E-state index contributed by atoms with van der Waals surface area (Å²) in [6.07, 6.45) is 4.11. The van der Waals surface area contributed by atoms with E-state index in [1.165, 1.54) is 19.3 Å². The fourth-order valence-electron chi connectivity index (χ4n) is 3.12. The SMILES string of the molecule is CC(O)CC(C)NC(=O)C1C2CCCC21. The number of aliphatic hydroxyl groups is 1. The number of aliphatic hydroxyl groups excluding tert-OH is 1. The van der Waals surface area contributed by atoms with Crippen molar-refractivity contribution in [2.45, 2.75) is 51.7 Å². The minimum Gasteiger partial charge on any atom is -0.393 e. The molecule has 86 valence electrons. The molecule has 2 rings (SSSR count). The molecule has 15 heavy (non-hydrogen) atoms. The van der Waals surface area contributed by atoms with E-state index in [1.54, 1.807) is 6.92 Å². The van der Waals surface area contributed by atoms with Crippen LogP contribution in [0.4, 0.5) is 0 Å². The Morgan fingerprint density at radius 2 is 2.00 bits per heavy atom. The Hall–Kier alpha value is -0.570. The van der Waals surface area contributed by atoms with Crippen LogP contribution in [0.1, 0.15) is 39.5 Å². The van der Waals surface area contributed by atoms with E-state index in [2.05, 4.69) is 5.32 Å². The van der Waals surface area contributed by atoms with Gasteiger partial charge >= 0.3 is 0 Å². The van der Waals surface area contributed by atoms with E-state index in [0.717, 1.165) is 0 Å². The first-order chi connectivity index (χ1) is 7.09. The molecule has 2 aliphatic rings. The molecule has 4 unspecified atom stereocenters. The summed E-state index contributed by atoms with van der Waals surface area (Å²) in [5, 5.41) is 12.2. The summed E-state index contributed by atoms with van der Waals surface area (Å²) >= 11 is 0. The Labute approximate surface area is 91.2 Å². The smallest absolute Gasteiger partial charge is 0.223 e. The standard InChI is InChI=1S/C12H21NO2/c1-7(6-8(2)14)13-12(15)11-9-4-3-5-10(9)11/h7-11,14H,3-6H2,1-2H3,(H,13,15). The normalized spacial score (nSPS) is 36.9. The molecule has 0 aliphatic heterocycles. The van der Waals surface area contributed by atoms with Crippen molar-refractivity contribution in [2.24, 2.45) is 17.8 Å². The molecule has 3 heteroatoms. The third-order valence-corrected chi connectivity index (χ3v) is 3.79. The third-order valence-electron chi connectivity index (χ3n) is 3.79. The molecule has 0 aromatic carbocycles. The van der Waals surface area contributed by atoms with Crippen molar-refractivity contribution in [1.29, 1.82) is 0 Å². The van der Waals surface area contributed by atoms with Gasteiger partial charge in [0.05, 0.1) is 6.10 Å². The number of carbonyl (C=O) groups excluding carboxylic acids is 1. The molecule has 2 aliphatic carbocycles. The molecule has 2 N–H and O–H groups in total. The molecule has 0 radical (unpaired) electrons. The van der Waals surface area contributed by atoms with Crippen LogP contribution in [0.5, 0.6) is 0 Å². The van der Waals surface area contributed by atoms with E-state index < -0.39 is 0 Å². The zero-order valence-corrected chi connectivity index (χ0v) is 9.57. The molecule has 0 saturated heterocycles. The van der Waals surface area contributed by atoms with Crippen LogP contribution < -0.4 is 5.32 Å². The van der Waals surface area contributed by atoms with Crippen LogP contribution in [-0.2, 0) is 4.79 Å². The second-order valence-corrected chi connectivity index (χ2v) is 5.28. The second kappa shape index (κ2) is 4.12. The fraction of sp³-hybridized carbons (Fsp3) is 0.917. The van der Waals surface area contributed by atoms with Crippen LogP contribution in [0.15, 0.2) is 0 Å². The minimum atomic E-state index is -0.334. The molecular formula is C12H21NO2. The molecule has 1 amide bonds. The molecule has 3 nitrogen and oxygen atoms in total. The van der Waals surface area contributed by atoms with Crippen LogP contribution in [-0.4, -0.2) is 23.2 Å². The summed E-state index contributed by atoms with van der Waals surface area (Å²) < 4.78 is 0. The number of nitrogens with one attached hydrogen (secondary N) is 1. The van der Waals surface area contributed by atoms with Crippen LogP contribution in [0.25, 0.3) is 0 Å². The van der Waals surface area contributed by atoms with E-state index >= 15 is 0 Å². The van der Waals surface area contributed by atoms with Crippen molar-refractivity contribution in [1.82, 2.24) is 5.32 Å². The fourth-order valence-corrected chi connectivity index (χ4v) is 3.12. The lowest BCUT2D eigenvalue weighted by atomic mass is 10.1. The molecule has 0 spiro atoms. The molecule has 2 fully saturated rings. The van der Waals surface area contributed by atoms with Crippen molar-refractivity contribution in [2.75, 3.05) is 0 Å². The first-order valence-electron chi connectivity index (χ1n) is 6.08. The van der Waals surface area contributed by atoms with Gasteiger partial charge < -0.3 is 10.4 Å². The molecular weight excluding hydrogens is 190 g/mol. The lowest BCUT2D eigenvalue weighted by Gasteiger charge is -2.16. The minimum absolute atomic E-state index is 0.0961. The van der Waals surface area contributed by atoms with Gasteiger partial charge in [0.1, 0.15) is 0 Å². The van der Waals surface area contributed by atoms with Crippen LogP contribution >= 0.6 is 0 Å². The van der Waals surface area contributed by atoms with E-state index in [4.69, 9.17) is 0 Å². The van der Waals surface area contributed by atoms with Crippen LogP contribution in [0.2, 0.25) is 0 Å². The summed E-state index contributed by atoms with van der Waals surface area (Å²) in [6, 6.07) is 0.0961. The predicted molar refractivity (Wildman–Crippen MR) is 58.2 cm³/mol. The van der Waals surface area contributed by atoms with E-state index in [1.807, 2.05) is 6.92 Å². The molecule has 2 saturated carbocycles. The zero-order valence-electron chi connectivity index (χ0n) is 9.57. The maximum absolute atomic E-state index is 11.8. The summed E-state index contributed by atoms with van der Waals surface area (Å²) in [6.45, 7) is 3.72. The van der Waals surface area contributed by atoms with Gasteiger partial charge in [0.25, 0.3) is 0 Å². The summed E-state index contributed by atoms with van der Waals surface area (Å²) in [7, 11) is 0. The van der Waals surface area contributed by atoms with Gasteiger partial charge in [-0.1, -0.05) is 6.42 Å². The molecule has 4 atom stereocenters. The van der Waals surface area contributed by atoms with E-state index in [-0.39, 0.29) is 18.1 Å². The topological polar surface area (TPSA) is 49.3 Å². The van der Waals surface area contributed by atoms with Crippen molar-refractivity contribution in [3.63, 3.8) is 0 Å². The Morgan fingerprint density at radius 1 is 1.40 bits per heavy atom. The number of hydrogen-bond acceptors (Lipinski definition) is 2. The molecule has 0 aromatic heterocycles. The number of rotatable bonds is 4. The third kappa shape index (κ3) is 2.33. The first kappa shape index (κ1) is 10.9. The molecule has 0 heterocycles. The van der Waals surface area contributed by atoms with Crippen molar-refractivity contribution >= 4 is 5.91 Å². The molecule has 0 aromatic rings. The van der Waals surface area contributed by atoms with Crippen molar-refractivity contribution in [3.8, 4) is 0 Å². The Kier molecular flexibility index (Phi) is 3.01. The van der Waals surface area contributed by atoms with Gasteiger partial charge in [0.2, 0.25) is 5.91 Å². The van der Waals surface area contributed by atoms with E-state index in [0.29, 0.717) is 24.2 Å². The Morgan fingerprint density at radius 3 is 2.53 bits per heavy atom.